The lowest BCUT2D eigenvalue weighted by Gasteiger charge is -2.37. The number of aliphatic carboxylic acids is 1. The number of carbonyl (C=O) groups is 1. The van der Waals surface area contributed by atoms with Crippen molar-refractivity contribution < 1.29 is 9.90 Å². The average Bonchev–Trinajstić information content (AvgIpc) is 2.42. The van der Waals surface area contributed by atoms with Gasteiger partial charge in [-0.05, 0) is 25.2 Å². The average molecular weight is 268 g/mol. The molecule has 1 aliphatic rings. The molecule has 0 radical (unpaired) electrons. The van der Waals surface area contributed by atoms with Gasteiger partial charge in [-0.25, -0.2) is 0 Å². The smallest absolute Gasteiger partial charge is 0.309 e. The molecule has 19 heavy (non-hydrogen) atoms. The molecule has 1 rings (SSSR count). The summed E-state index contributed by atoms with van der Waals surface area (Å²) >= 11 is 0. The molecule has 2 unspecified atom stereocenters. The first-order valence-corrected chi connectivity index (χ1v) is 8.38. The van der Waals surface area contributed by atoms with E-state index in [-0.39, 0.29) is 5.41 Å². The number of hydrogen-bond donors (Lipinski definition) is 1. The number of unbranched alkanes of at least 4 members (excludes halogenated alkanes) is 5. The Bertz CT molecular complexity index is 262. The first-order valence-electron chi connectivity index (χ1n) is 8.38. The highest BCUT2D eigenvalue weighted by atomic mass is 16.4. The van der Waals surface area contributed by atoms with Crippen molar-refractivity contribution in [1.82, 2.24) is 0 Å². The lowest BCUT2D eigenvalue weighted by molar-refractivity contribution is -0.153. The van der Waals surface area contributed by atoms with E-state index in [0.29, 0.717) is 5.92 Å². The van der Waals surface area contributed by atoms with E-state index in [4.69, 9.17) is 0 Å². The fraction of sp³-hybridized carbons (Fsp3) is 0.941. The zero-order chi connectivity index (χ0) is 14.1. The van der Waals surface area contributed by atoms with Crippen LogP contribution in [0.3, 0.4) is 0 Å². The minimum absolute atomic E-state index is 0.385. The zero-order valence-corrected chi connectivity index (χ0v) is 12.9. The molecule has 0 aromatic rings. The normalized spacial score (nSPS) is 27.4. The summed E-state index contributed by atoms with van der Waals surface area (Å²) in [4.78, 5) is 11.7. The summed E-state index contributed by atoms with van der Waals surface area (Å²) in [6, 6.07) is 0. The van der Waals surface area contributed by atoms with Gasteiger partial charge in [-0.3, -0.25) is 4.79 Å². The van der Waals surface area contributed by atoms with Crippen molar-refractivity contribution in [3.05, 3.63) is 0 Å². The van der Waals surface area contributed by atoms with Gasteiger partial charge in [0.2, 0.25) is 0 Å². The van der Waals surface area contributed by atoms with E-state index in [0.717, 1.165) is 38.5 Å². The van der Waals surface area contributed by atoms with Crippen LogP contribution >= 0.6 is 0 Å². The summed E-state index contributed by atoms with van der Waals surface area (Å²) in [6.45, 7) is 4.43. The molecular formula is C17H32O2. The topological polar surface area (TPSA) is 37.3 Å². The molecule has 2 atom stereocenters. The first-order chi connectivity index (χ1) is 9.14. The minimum atomic E-state index is -0.529. The highest BCUT2D eigenvalue weighted by Gasteiger charge is 2.41. The Morgan fingerprint density at radius 2 is 1.84 bits per heavy atom. The van der Waals surface area contributed by atoms with Crippen LogP contribution in [0.4, 0.5) is 0 Å². The fourth-order valence-electron chi connectivity index (χ4n) is 3.61. The Hall–Kier alpha value is -0.530. The van der Waals surface area contributed by atoms with Gasteiger partial charge < -0.3 is 5.11 Å². The van der Waals surface area contributed by atoms with Crippen molar-refractivity contribution in [3.63, 3.8) is 0 Å². The van der Waals surface area contributed by atoms with Crippen molar-refractivity contribution in [1.29, 1.82) is 0 Å². The second-order valence-electron chi connectivity index (χ2n) is 6.47. The van der Waals surface area contributed by atoms with Gasteiger partial charge in [0.1, 0.15) is 0 Å². The Morgan fingerprint density at radius 1 is 1.16 bits per heavy atom. The third-order valence-corrected chi connectivity index (χ3v) is 4.99. The molecule has 0 spiro atoms. The predicted octanol–water partition coefficient (Wildman–Crippen LogP) is 5.41. The maximum Gasteiger partial charge on any atom is 0.309 e. The number of rotatable bonds is 9. The van der Waals surface area contributed by atoms with Gasteiger partial charge in [-0.15, -0.1) is 0 Å². The quantitative estimate of drug-likeness (QED) is 0.568. The van der Waals surface area contributed by atoms with Crippen LogP contribution in [0.25, 0.3) is 0 Å². The van der Waals surface area contributed by atoms with Crippen LogP contribution in [-0.4, -0.2) is 11.1 Å². The maximum absolute atomic E-state index is 11.7. The van der Waals surface area contributed by atoms with Gasteiger partial charge in [-0.1, -0.05) is 71.6 Å². The standard InChI is InChI=1S/C17H32O2/c1-3-5-6-7-8-9-12-17(16(18)19)13-10-11-15(4-2)14-17/h15H,3-14H2,1-2H3,(H,18,19). The van der Waals surface area contributed by atoms with Gasteiger partial charge >= 0.3 is 5.97 Å². The monoisotopic (exact) mass is 268 g/mol. The van der Waals surface area contributed by atoms with E-state index in [1.165, 1.54) is 38.5 Å². The van der Waals surface area contributed by atoms with Crippen LogP contribution in [0.1, 0.15) is 90.9 Å². The summed E-state index contributed by atoms with van der Waals surface area (Å²) in [6.07, 6.45) is 13.7. The summed E-state index contributed by atoms with van der Waals surface area (Å²) in [5.74, 6) is 0.115. The van der Waals surface area contributed by atoms with Crippen molar-refractivity contribution in [2.24, 2.45) is 11.3 Å². The van der Waals surface area contributed by atoms with Crippen LogP contribution in [0.5, 0.6) is 0 Å². The van der Waals surface area contributed by atoms with Crippen molar-refractivity contribution in [2.75, 3.05) is 0 Å². The summed E-state index contributed by atoms with van der Waals surface area (Å²) in [5.41, 5.74) is -0.385. The number of carboxylic acid groups (broad SMARTS) is 1. The lowest BCUT2D eigenvalue weighted by atomic mass is 9.66. The van der Waals surface area contributed by atoms with Crippen molar-refractivity contribution in [2.45, 2.75) is 90.9 Å². The fourth-order valence-corrected chi connectivity index (χ4v) is 3.61. The van der Waals surface area contributed by atoms with E-state index in [2.05, 4.69) is 13.8 Å². The van der Waals surface area contributed by atoms with Gasteiger partial charge in [0.05, 0.1) is 5.41 Å². The zero-order valence-electron chi connectivity index (χ0n) is 12.9. The molecule has 2 heteroatoms. The number of carboxylic acids is 1. The highest BCUT2D eigenvalue weighted by Crippen LogP contribution is 2.44. The highest BCUT2D eigenvalue weighted by molar-refractivity contribution is 5.74. The lowest BCUT2D eigenvalue weighted by Crippen LogP contribution is -2.36. The summed E-state index contributed by atoms with van der Waals surface area (Å²) in [7, 11) is 0. The van der Waals surface area contributed by atoms with Gasteiger partial charge in [0.25, 0.3) is 0 Å². The second-order valence-corrected chi connectivity index (χ2v) is 6.47. The molecule has 0 bridgehead atoms. The number of hydrogen-bond acceptors (Lipinski definition) is 1. The Morgan fingerprint density at radius 3 is 2.47 bits per heavy atom. The summed E-state index contributed by atoms with van der Waals surface area (Å²) < 4.78 is 0. The minimum Gasteiger partial charge on any atom is -0.481 e. The van der Waals surface area contributed by atoms with Crippen molar-refractivity contribution >= 4 is 5.97 Å². The van der Waals surface area contributed by atoms with E-state index in [1.54, 1.807) is 0 Å². The molecule has 1 fully saturated rings. The van der Waals surface area contributed by atoms with Gasteiger partial charge in [0.15, 0.2) is 0 Å². The molecule has 1 saturated carbocycles. The van der Waals surface area contributed by atoms with Crippen LogP contribution in [-0.2, 0) is 4.79 Å². The van der Waals surface area contributed by atoms with Crippen LogP contribution in [0.15, 0.2) is 0 Å². The molecule has 0 amide bonds. The largest absolute Gasteiger partial charge is 0.481 e. The van der Waals surface area contributed by atoms with E-state index in [9.17, 15) is 9.90 Å². The maximum atomic E-state index is 11.7. The molecule has 0 aromatic carbocycles. The van der Waals surface area contributed by atoms with Crippen LogP contribution < -0.4 is 0 Å². The molecule has 0 aromatic heterocycles. The summed E-state index contributed by atoms with van der Waals surface area (Å²) in [5, 5.41) is 9.64. The third kappa shape index (κ3) is 5.16. The molecule has 1 aliphatic carbocycles. The molecule has 1 N–H and O–H groups in total. The molecule has 0 heterocycles. The molecular weight excluding hydrogens is 236 g/mol. The Kier molecular flexibility index (Phi) is 7.48. The van der Waals surface area contributed by atoms with E-state index in [1.807, 2.05) is 0 Å². The molecule has 0 saturated heterocycles. The van der Waals surface area contributed by atoms with Crippen LogP contribution in [0, 0.1) is 11.3 Å². The molecule has 2 nitrogen and oxygen atoms in total. The van der Waals surface area contributed by atoms with E-state index < -0.39 is 5.97 Å². The third-order valence-electron chi connectivity index (χ3n) is 4.99. The second kappa shape index (κ2) is 8.60. The van der Waals surface area contributed by atoms with Gasteiger partial charge in [-0.2, -0.15) is 0 Å². The van der Waals surface area contributed by atoms with Crippen LogP contribution in [0.2, 0.25) is 0 Å². The predicted molar refractivity (Wildman–Crippen MR) is 80.3 cm³/mol. The van der Waals surface area contributed by atoms with E-state index >= 15 is 0 Å². The Labute approximate surface area is 119 Å². The Balaban J connectivity index is 2.37. The SMILES string of the molecule is CCCCCCCCC1(C(=O)O)CCCC(CC)C1. The molecule has 0 aliphatic heterocycles. The first kappa shape index (κ1) is 16.5. The van der Waals surface area contributed by atoms with Crippen molar-refractivity contribution in [3.8, 4) is 0 Å². The molecule has 112 valence electrons. The van der Waals surface area contributed by atoms with Gasteiger partial charge in [0, 0.05) is 0 Å².